The van der Waals surface area contributed by atoms with E-state index in [-0.39, 0.29) is 0 Å². The quantitative estimate of drug-likeness (QED) is 0.892. The molecule has 1 aromatic heterocycles. The van der Waals surface area contributed by atoms with E-state index < -0.39 is 0 Å². The topological polar surface area (TPSA) is 48.1 Å². The molecule has 0 radical (unpaired) electrons. The highest BCUT2D eigenvalue weighted by Crippen LogP contribution is 2.30. The van der Waals surface area contributed by atoms with Gasteiger partial charge in [-0.2, -0.15) is 0 Å². The molecule has 0 atom stereocenters. The van der Waals surface area contributed by atoms with Gasteiger partial charge in [0.2, 0.25) is 0 Å². The molecule has 0 fully saturated rings. The summed E-state index contributed by atoms with van der Waals surface area (Å²) in [6.45, 7) is 5.22. The summed E-state index contributed by atoms with van der Waals surface area (Å²) in [7, 11) is 0. The van der Waals surface area contributed by atoms with Gasteiger partial charge in [-0.25, -0.2) is 4.98 Å². The molecule has 19 heavy (non-hydrogen) atoms. The number of benzene rings is 1. The van der Waals surface area contributed by atoms with Gasteiger partial charge in [0.15, 0.2) is 0 Å². The van der Waals surface area contributed by atoms with E-state index >= 15 is 0 Å². The predicted molar refractivity (Wildman–Crippen MR) is 82.6 cm³/mol. The predicted octanol–water partition coefficient (Wildman–Crippen LogP) is 4.07. The van der Waals surface area contributed by atoms with E-state index in [2.05, 4.69) is 34.8 Å². The van der Waals surface area contributed by atoms with E-state index in [1.54, 1.807) is 11.3 Å². The SMILES string of the molecule is CC(C)c1nc(COc2c(Br)cccc2CN)cs1. The molecular formula is C14H17BrN2OS. The van der Waals surface area contributed by atoms with Crippen LogP contribution in [-0.2, 0) is 13.2 Å². The number of aromatic nitrogens is 1. The van der Waals surface area contributed by atoms with Gasteiger partial charge < -0.3 is 10.5 Å². The van der Waals surface area contributed by atoms with E-state index in [4.69, 9.17) is 10.5 Å². The Labute approximate surface area is 125 Å². The fourth-order valence-electron chi connectivity index (χ4n) is 1.68. The first-order chi connectivity index (χ1) is 9.11. The van der Waals surface area contributed by atoms with Crippen LogP contribution < -0.4 is 10.5 Å². The van der Waals surface area contributed by atoms with E-state index in [1.807, 2.05) is 23.6 Å². The highest BCUT2D eigenvalue weighted by atomic mass is 79.9. The number of hydrogen-bond donors (Lipinski definition) is 1. The minimum atomic E-state index is 0.460. The third-order valence-electron chi connectivity index (χ3n) is 2.70. The van der Waals surface area contributed by atoms with Crippen molar-refractivity contribution in [1.82, 2.24) is 4.98 Å². The van der Waals surface area contributed by atoms with Crippen LogP contribution in [0, 0.1) is 0 Å². The lowest BCUT2D eigenvalue weighted by molar-refractivity contribution is 0.296. The fraction of sp³-hybridized carbons (Fsp3) is 0.357. The molecular weight excluding hydrogens is 324 g/mol. The van der Waals surface area contributed by atoms with Crippen LogP contribution >= 0.6 is 27.3 Å². The van der Waals surface area contributed by atoms with Crippen LogP contribution in [0.2, 0.25) is 0 Å². The summed E-state index contributed by atoms with van der Waals surface area (Å²) in [6, 6.07) is 5.88. The number of nitrogens with two attached hydrogens (primary N) is 1. The molecule has 1 heterocycles. The van der Waals surface area contributed by atoms with Crippen molar-refractivity contribution in [2.24, 2.45) is 5.73 Å². The van der Waals surface area contributed by atoms with Gasteiger partial charge in [0.25, 0.3) is 0 Å². The molecule has 0 unspecified atom stereocenters. The van der Waals surface area contributed by atoms with Crippen LogP contribution in [0.1, 0.15) is 36.0 Å². The van der Waals surface area contributed by atoms with E-state index in [0.29, 0.717) is 19.1 Å². The molecule has 0 aliphatic heterocycles. The molecule has 2 N–H and O–H groups in total. The number of ether oxygens (including phenoxy) is 1. The molecule has 3 nitrogen and oxygen atoms in total. The Balaban J connectivity index is 2.09. The second-order valence-corrected chi connectivity index (χ2v) is 6.30. The van der Waals surface area contributed by atoms with Gasteiger partial charge in [-0.05, 0) is 22.0 Å². The summed E-state index contributed by atoms with van der Waals surface area (Å²) in [5.74, 6) is 1.27. The zero-order valence-corrected chi connectivity index (χ0v) is 13.4. The Hall–Kier alpha value is -0.910. The van der Waals surface area contributed by atoms with Crippen molar-refractivity contribution in [1.29, 1.82) is 0 Å². The van der Waals surface area contributed by atoms with Gasteiger partial charge in [0.05, 0.1) is 15.2 Å². The van der Waals surface area contributed by atoms with Gasteiger partial charge in [0.1, 0.15) is 12.4 Å². The molecule has 0 bridgehead atoms. The van der Waals surface area contributed by atoms with E-state index in [1.165, 1.54) is 0 Å². The van der Waals surface area contributed by atoms with Crippen molar-refractivity contribution < 1.29 is 4.74 Å². The van der Waals surface area contributed by atoms with Crippen LogP contribution in [0.3, 0.4) is 0 Å². The second kappa shape index (κ2) is 6.50. The average Bonchev–Trinajstić information content (AvgIpc) is 2.86. The first-order valence-corrected chi connectivity index (χ1v) is 7.83. The third kappa shape index (κ3) is 3.55. The molecule has 0 saturated heterocycles. The van der Waals surface area contributed by atoms with Crippen molar-refractivity contribution in [3.8, 4) is 5.75 Å². The molecule has 5 heteroatoms. The maximum Gasteiger partial charge on any atom is 0.138 e. The van der Waals surface area contributed by atoms with Crippen LogP contribution in [0.5, 0.6) is 5.75 Å². The molecule has 2 aromatic rings. The summed E-state index contributed by atoms with van der Waals surface area (Å²) in [5.41, 5.74) is 7.68. The summed E-state index contributed by atoms with van der Waals surface area (Å²) in [6.07, 6.45) is 0. The lowest BCUT2D eigenvalue weighted by atomic mass is 10.2. The fourth-order valence-corrected chi connectivity index (χ4v) is 3.02. The van der Waals surface area contributed by atoms with Crippen LogP contribution in [0.25, 0.3) is 0 Å². The first-order valence-electron chi connectivity index (χ1n) is 6.16. The lowest BCUT2D eigenvalue weighted by Crippen LogP contribution is -2.03. The van der Waals surface area contributed by atoms with Crippen molar-refractivity contribution in [3.63, 3.8) is 0 Å². The Morgan fingerprint density at radius 1 is 1.42 bits per heavy atom. The number of rotatable bonds is 5. The lowest BCUT2D eigenvalue weighted by Gasteiger charge is -2.11. The number of hydrogen-bond acceptors (Lipinski definition) is 4. The molecule has 102 valence electrons. The maximum absolute atomic E-state index is 5.86. The van der Waals surface area contributed by atoms with Gasteiger partial charge in [0, 0.05) is 23.4 Å². The van der Waals surface area contributed by atoms with E-state index in [9.17, 15) is 0 Å². The minimum Gasteiger partial charge on any atom is -0.486 e. The number of nitrogens with zero attached hydrogens (tertiary/aromatic N) is 1. The summed E-state index contributed by atoms with van der Waals surface area (Å²) in [5, 5.41) is 3.19. The Morgan fingerprint density at radius 2 is 2.21 bits per heavy atom. The normalized spacial score (nSPS) is 11.0. The number of thiazole rings is 1. The van der Waals surface area contributed by atoms with E-state index in [0.717, 1.165) is 26.5 Å². The Morgan fingerprint density at radius 3 is 2.84 bits per heavy atom. The van der Waals surface area contributed by atoms with Crippen LogP contribution in [-0.4, -0.2) is 4.98 Å². The van der Waals surface area contributed by atoms with Gasteiger partial charge >= 0.3 is 0 Å². The van der Waals surface area contributed by atoms with Crippen molar-refractivity contribution in [2.75, 3.05) is 0 Å². The molecule has 0 saturated carbocycles. The van der Waals surface area contributed by atoms with Crippen molar-refractivity contribution >= 4 is 27.3 Å². The smallest absolute Gasteiger partial charge is 0.138 e. The van der Waals surface area contributed by atoms with Crippen molar-refractivity contribution in [3.05, 3.63) is 44.3 Å². The number of halogens is 1. The highest BCUT2D eigenvalue weighted by Gasteiger charge is 2.10. The minimum absolute atomic E-state index is 0.460. The average molecular weight is 341 g/mol. The van der Waals surface area contributed by atoms with Crippen LogP contribution in [0.15, 0.2) is 28.1 Å². The maximum atomic E-state index is 5.86. The zero-order chi connectivity index (χ0) is 13.8. The van der Waals surface area contributed by atoms with Gasteiger partial charge in [-0.1, -0.05) is 26.0 Å². The molecule has 0 amide bonds. The third-order valence-corrected chi connectivity index (χ3v) is 4.51. The molecule has 0 aliphatic carbocycles. The summed E-state index contributed by atoms with van der Waals surface area (Å²) < 4.78 is 6.78. The standard InChI is InChI=1S/C14H17BrN2OS/c1-9(2)14-17-11(8-19-14)7-18-13-10(6-16)4-3-5-12(13)15/h3-5,8-9H,6-7,16H2,1-2H3. The number of para-hydroxylation sites is 1. The van der Waals surface area contributed by atoms with Crippen molar-refractivity contribution in [2.45, 2.75) is 32.9 Å². The highest BCUT2D eigenvalue weighted by molar-refractivity contribution is 9.10. The molecule has 0 aliphatic rings. The Kier molecular flexibility index (Phi) is 4.96. The monoisotopic (exact) mass is 340 g/mol. The summed E-state index contributed by atoms with van der Waals surface area (Å²) >= 11 is 5.17. The Bertz CT molecular complexity index is 554. The van der Waals surface area contributed by atoms with Gasteiger partial charge in [-0.15, -0.1) is 11.3 Å². The molecule has 2 rings (SSSR count). The van der Waals surface area contributed by atoms with Gasteiger partial charge in [-0.3, -0.25) is 0 Å². The first kappa shape index (κ1) is 14.5. The zero-order valence-electron chi connectivity index (χ0n) is 11.0. The van der Waals surface area contributed by atoms with Crippen LogP contribution in [0.4, 0.5) is 0 Å². The molecule has 1 aromatic carbocycles. The largest absolute Gasteiger partial charge is 0.486 e. The summed E-state index contributed by atoms with van der Waals surface area (Å²) in [4.78, 5) is 4.56. The second-order valence-electron chi connectivity index (χ2n) is 4.55. The molecule has 0 spiro atoms.